The number of rotatable bonds is 3. The molecule has 0 aromatic heterocycles. The molecule has 0 amide bonds. The van der Waals surface area contributed by atoms with Crippen molar-refractivity contribution in [3.05, 3.63) is 59.9 Å². The van der Waals surface area contributed by atoms with Gasteiger partial charge in [0, 0.05) is 10.1 Å². The summed E-state index contributed by atoms with van der Waals surface area (Å²) in [7, 11) is 0. The Labute approximate surface area is 105 Å². The molecule has 1 nitrogen and oxygen atoms in total. The summed E-state index contributed by atoms with van der Waals surface area (Å²) in [5, 5.41) is 0.291. The number of halogens is 1. The lowest BCUT2D eigenvalue weighted by atomic mass is 10.2. The van der Waals surface area contributed by atoms with Gasteiger partial charge in [0.05, 0.1) is 5.69 Å². The summed E-state index contributed by atoms with van der Waals surface area (Å²) < 4.78 is 13.3. The Morgan fingerprint density at radius 3 is 2.47 bits per heavy atom. The van der Waals surface area contributed by atoms with Crippen molar-refractivity contribution in [1.82, 2.24) is 0 Å². The zero-order chi connectivity index (χ0) is 12.3. The molecule has 1 unspecified atom stereocenters. The first-order chi connectivity index (χ1) is 8.16. The van der Waals surface area contributed by atoms with Crippen molar-refractivity contribution in [2.45, 2.75) is 17.1 Å². The standard InChI is InChI=1S/C14H14FNS/c1-10(11-5-3-2-4-6-11)17-12-7-8-14(16)13(15)9-12/h2-10H,16H2,1H3. The molecule has 1 atom stereocenters. The molecule has 88 valence electrons. The third-order valence-electron chi connectivity index (χ3n) is 2.55. The highest BCUT2D eigenvalue weighted by atomic mass is 32.2. The first-order valence-corrected chi connectivity index (χ1v) is 6.31. The molecule has 0 saturated carbocycles. The summed E-state index contributed by atoms with van der Waals surface area (Å²) in [6.45, 7) is 2.11. The molecule has 0 aliphatic carbocycles. The van der Waals surface area contributed by atoms with Gasteiger partial charge in [-0.2, -0.15) is 0 Å². The Bertz CT molecular complexity index is 499. The SMILES string of the molecule is CC(Sc1ccc(N)c(F)c1)c1ccccc1. The minimum atomic E-state index is -0.352. The van der Waals surface area contributed by atoms with Crippen molar-refractivity contribution in [2.75, 3.05) is 5.73 Å². The van der Waals surface area contributed by atoms with Gasteiger partial charge in [0.15, 0.2) is 0 Å². The summed E-state index contributed by atoms with van der Waals surface area (Å²) in [4.78, 5) is 0.896. The van der Waals surface area contributed by atoms with E-state index in [0.717, 1.165) is 4.90 Å². The van der Waals surface area contributed by atoms with Gasteiger partial charge < -0.3 is 5.73 Å². The molecule has 0 bridgehead atoms. The molecule has 0 saturated heterocycles. The first kappa shape index (κ1) is 12.0. The number of hydrogen-bond acceptors (Lipinski definition) is 2. The van der Waals surface area contributed by atoms with Crippen LogP contribution in [0.1, 0.15) is 17.7 Å². The molecule has 0 aliphatic heterocycles. The van der Waals surface area contributed by atoms with Crippen molar-refractivity contribution in [1.29, 1.82) is 0 Å². The molecule has 2 rings (SSSR count). The minimum Gasteiger partial charge on any atom is -0.396 e. The van der Waals surface area contributed by atoms with E-state index in [1.54, 1.807) is 17.8 Å². The second-order valence-electron chi connectivity index (χ2n) is 3.85. The third-order valence-corrected chi connectivity index (χ3v) is 3.71. The van der Waals surface area contributed by atoms with Crippen molar-refractivity contribution < 1.29 is 4.39 Å². The smallest absolute Gasteiger partial charge is 0.147 e. The van der Waals surface area contributed by atoms with E-state index in [9.17, 15) is 4.39 Å². The highest BCUT2D eigenvalue weighted by Gasteiger charge is 2.08. The number of nitrogens with two attached hydrogens (primary N) is 1. The Morgan fingerprint density at radius 2 is 1.82 bits per heavy atom. The molecule has 0 fully saturated rings. The molecule has 2 aromatic rings. The van der Waals surface area contributed by atoms with Crippen LogP contribution in [0.2, 0.25) is 0 Å². The van der Waals surface area contributed by atoms with E-state index in [-0.39, 0.29) is 11.5 Å². The highest BCUT2D eigenvalue weighted by molar-refractivity contribution is 7.99. The van der Waals surface area contributed by atoms with E-state index in [4.69, 9.17) is 5.73 Å². The van der Waals surface area contributed by atoms with Gasteiger partial charge >= 0.3 is 0 Å². The van der Waals surface area contributed by atoms with Crippen LogP contribution >= 0.6 is 11.8 Å². The Kier molecular flexibility index (Phi) is 3.69. The van der Waals surface area contributed by atoms with Crippen LogP contribution in [0.5, 0.6) is 0 Å². The summed E-state index contributed by atoms with van der Waals surface area (Å²) in [5.41, 5.74) is 6.87. The van der Waals surface area contributed by atoms with E-state index in [0.29, 0.717) is 5.25 Å². The molecule has 17 heavy (non-hydrogen) atoms. The summed E-state index contributed by atoms with van der Waals surface area (Å²) >= 11 is 1.62. The molecular formula is C14H14FNS. The lowest BCUT2D eigenvalue weighted by Gasteiger charge is -2.11. The fraction of sp³-hybridized carbons (Fsp3) is 0.143. The van der Waals surface area contributed by atoms with Crippen LogP contribution in [-0.2, 0) is 0 Å². The van der Waals surface area contributed by atoms with Gasteiger partial charge in [-0.1, -0.05) is 30.3 Å². The second kappa shape index (κ2) is 5.23. The summed E-state index contributed by atoms with van der Waals surface area (Å²) in [6, 6.07) is 15.1. The molecule has 0 spiro atoms. The van der Waals surface area contributed by atoms with E-state index in [1.165, 1.54) is 11.6 Å². The topological polar surface area (TPSA) is 26.0 Å². The maximum absolute atomic E-state index is 13.3. The van der Waals surface area contributed by atoms with Crippen molar-refractivity contribution in [2.24, 2.45) is 0 Å². The van der Waals surface area contributed by atoms with Crippen LogP contribution in [0.4, 0.5) is 10.1 Å². The third kappa shape index (κ3) is 3.01. The van der Waals surface area contributed by atoms with Crippen LogP contribution in [0.3, 0.4) is 0 Å². The monoisotopic (exact) mass is 247 g/mol. The molecule has 2 aromatic carbocycles. The molecule has 0 radical (unpaired) electrons. The van der Waals surface area contributed by atoms with E-state index < -0.39 is 0 Å². The van der Waals surface area contributed by atoms with Gasteiger partial charge in [-0.3, -0.25) is 0 Å². The Hall–Kier alpha value is -1.48. The fourth-order valence-electron chi connectivity index (χ4n) is 1.58. The molecule has 2 N–H and O–H groups in total. The normalized spacial score (nSPS) is 12.4. The lowest BCUT2D eigenvalue weighted by molar-refractivity contribution is 0.629. The van der Waals surface area contributed by atoms with Crippen LogP contribution in [0, 0.1) is 5.82 Å². The number of nitrogen functional groups attached to an aromatic ring is 1. The fourth-order valence-corrected chi connectivity index (χ4v) is 2.60. The van der Waals surface area contributed by atoms with Gasteiger partial charge in [-0.25, -0.2) is 4.39 Å². The van der Waals surface area contributed by atoms with Crippen LogP contribution in [0.25, 0.3) is 0 Å². The molecular weight excluding hydrogens is 233 g/mol. The zero-order valence-corrected chi connectivity index (χ0v) is 10.4. The van der Waals surface area contributed by atoms with Crippen LogP contribution in [0.15, 0.2) is 53.4 Å². The average molecular weight is 247 g/mol. The predicted molar refractivity (Wildman–Crippen MR) is 71.5 cm³/mol. The summed E-state index contributed by atoms with van der Waals surface area (Å²) in [6.07, 6.45) is 0. The van der Waals surface area contributed by atoms with Gasteiger partial charge in [0.2, 0.25) is 0 Å². The number of hydrogen-bond donors (Lipinski definition) is 1. The second-order valence-corrected chi connectivity index (χ2v) is 5.27. The van der Waals surface area contributed by atoms with E-state index >= 15 is 0 Å². The van der Waals surface area contributed by atoms with E-state index in [1.807, 2.05) is 24.3 Å². The number of benzene rings is 2. The van der Waals surface area contributed by atoms with E-state index in [2.05, 4.69) is 19.1 Å². The Balaban J connectivity index is 2.13. The van der Waals surface area contributed by atoms with Crippen molar-refractivity contribution >= 4 is 17.4 Å². The van der Waals surface area contributed by atoms with Crippen LogP contribution < -0.4 is 5.73 Å². The van der Waals surface area contributed by atoms with Gasteiger partial charge in [-0.05, 0) is 30.7 Å². The lowest BCUT2D eigenvalue weighted by Crippen LogP contribution is -1.91. The minimum absolute atomic E-state index is 0.196. The van der Waals surface area contributed by atoms with Crippen molar-refractivity contribution in [3.63, 3.8) is 0 Å². The number of thioether (sulfide) groups is 1. The molecule has 0 aliphatic rings. The first-order valence-electron chi connectivity index (χ1n) is 5.43. The Morgan fingerprint density at radius 1 is 1.12 bits per heavy atom. The zero-order valence-electron chi connectivity index (χ0n) is 9.56. The van der Waals surface area contributed by atoms with Crippen molar-refractivity contribution in [3.8, 4) is 0 Å². The number of anilines is 1. The highest BCUT2D eigenvalue weighted by Crippen LogP contribution is 2.35. The van der Waals surface area contributed by atoms with Gasteiger partial charge in [0.1, 0.15) is 5.82 Å². The maximum Gasteiger partial charge on any atom is 0.147 e. The van der Waals surface area contributed by atoms with Crippen LogP contribution in [-0.4, -0.2) is 0 Å². The quantitative estimate of drug-likeness (QED) is 0.647. The summed E-state index contributed by atoms with van der Waals surface area (Å²) in [5.74, 6) is -0.352. The largest absolute Gasteiger partial charge is 0.396 e. The van der Waals surface area contributed by atoms with Gasteiger partial charge in [-0.15, -0.1) is 11.8 Å². The predicted octanol–water partition coefficient (Wildman–Crippen LogP) is 4.26. The van der Waals surface area contributed by atoms with Gasteiger partial charge in [0.25, 0.3) is 0 Å². The maximum atomic E-state index is 13.3. The molecule has 0 heterocycles. The average Bonchev–Trinajstić information content (AvgIpc) is 2.35. The molecule has 3 heteroatoms.